The maximum Gasteiger partial charge on any atom is 2.00 e. The smallest absolute Gasteiger partial charge is 1.00 e. The first-order valence-corrected chi connectivity index (χ1v) is 3.77. The Morgan fingerprint density at radius 3 is 2.60 bits per heavy atom. The summed E-state index contributed by atoms with van der Waals surface area (Å²) in [6.07, 6.45) is 9.58. The Hall–Kier alpha value is 1.25. The monoisotopic (exact) mass is 214 g/mol. The number of halogens is 1. The topological polar surface area (TPSA) is 0 Å². The van der Waals surface area contributed by atoms with Crippen molar-refractivity contribution in [3.8, 4) is 0 Å². The van der Waals surface area contributed by atoms with Crippen molar-refractivity contribution in [2.75, 3.05) is 0 Å². The molecule has 0 aromatic carbocycles. The molecular formula is C8H15BrMg. The molecule has 1 unspecified atom stereocenters. The van der Waals surface area contributed by atoms with Crippen LogP contribution in [0.3, 0.4) is 0 Å². The molecule has 0 spiro atoms. The van der Waals surface area contributed by atoms with Crippen molar-refractivity contribution in [1.29, 1.82) is 0 Å². The predicted octanol–water partition coefficient (Wildman–Crippen LogP) is -0.586. The van der Waals surface area contributed by atoms with E-state index in [0.29, 0.717) is 0 Å². The van der Waals surface area contributed by atoms with Gasteiger partial charge in [0.05, 0.1) is 0 Å². The molecule has 0 bridgehead atoms. The van der Waals surface area contributed by atoms with Gasteiger partial charge in [-0.15, -0.1) is 0 Å². The van der Waals surface area contributed by atoms with Crippen molar-refractivity contribution in [2.45, 2.75) is 39.0 Å². The molecule has 1 aliphatic carbocycles. The summed E-state index contributed by atoms with van der Waals surface area (Å²) in [5, 5.41) is 0. The molecule has 1 saturated carbocycles. The van der Waals surface area contributed by atoms with E-state index >= 15 is 0 Å². The molecule has 10 heavy (non-hydrogen) atoms. The SMILES string of the molecule is CCCC1[CH-]CCC1.[Br-].[Mg+2]. The molecule has 0 aliphatic heterocycles. The van der Waals surface area contributed by atoms with Gasteiger partial charge in [0, 0.05) is 0 Å². The second kappa shape index (κ2) is 8.34. The molecule has 0 saturated heterocycles. The van der Waals surface area contributed by atoms with Crippen molar-refractivity contribution in [2.24, 2.45) is 5.92 Å². The van der Waals surface area contributed by atoms with Gasteiger partial charge in [0.15, 0.2) is 0 Å². The molecule has 0 radical (unpaired) electrons. The molecule has 2 heteroatoms. The average Bonchev–Trinajstić information content (AvgIpc) is 2.19. The summed E-state index contributed by atoms with van der Waals surface area (Å²) in [5.74, 6) is 0.986. The van der Waals surface area contributed by atoms with Crippen LogP contribution < -0.4 is 17.0 Å². The quantitative estimate of drug-likeness (QED) is 0.427. The summed E-state index contributed by atoms with van der Waals surface area (Å²) < 4.78 is 0. The molecule has 1 rings (SSSR count). The van der Waals surface area contributed by atoms with Crippen LogP contribution in [-0.2, 0) is 0 Å². The summed E-state index contributed by atoms with van der Waals surface area (Å²) in [5.41, 5.74) is 0. The van der Waals surface area contributed by atoms with Crippen LogP contribution in [-0.4, -0.2) is 23.1 Å². The van der Waals surface area contributed by atoms with Gasteiger partial charge < -0.3 is 23.4 Å². The third kappa shape index (κ3) is 4.97. The normalized spacial score (nSPS) is 23.1. The fraction of sp³-hybridized carbons (Fsp3) is 0.875. The Balaban J connectivity index is 0. The van der Waals surface area contributed by atoms with Crippen LogP contribution in [0.4, 0.5) is 0 Å². The van der Waals surface area contributed by atoms with E-state index in [0.717, 1.165) is 5.92 Å². The van der Waals surface area contributed by atoms with E-state index in [1.54, 1.807) is 0 Å². The van der Waals surface area contributed by atoms with Crippen molar-refractivity contribution in [3.05, 3.63) is 6.42 Å². The third-order valence-electron chi connectivity index (χ3n) is 1.94. The summed E-state index contributed by atoms with van der Waals surface area (Å²) >= 11 is 0. The molecule has 0 nitrogen and oxygen atoms in total. The molecule has 0 amide bonds. The molecule has 0 aromatic rings. The maximum atomic E-state index is 2.49. The van der Waals surface area contributed by atoms with Crippen LogP contribution >= 0.6 is 0 Å². The van der Waals surface area contributed by atoms with Crippen LogP contribution in [0.1, 0.15) is 39.0 Å². The average molecular weight is 215 g/mol. The van der Waals surface area contributed by atoms with Gasteiger partial charge in [-0.2, -0.15) is 12.3 Å². The van der Waals surface area contributed by atoms with E-state index in [1.807, 2.05) is 0 Å². The van der Waals surface area contributed by atoms with Crippen LogP contribution in [0.5, 0.6) is 0 Å². The third-order valence-corrected chi connectivity index (χ3v) is 1.94. The minimum Gasteiger partial charge on any atom is -1.00 e. The standard InChI is InChI=1S/C8H15.BrH.Mg/c1-2-5-8-6-3-4-7-8;;/h6,8H,2-5,7H2,1H3;1H;/q-1;;+2/p-1. The van der Waals surface area contributed by atoms with Gasteiger partial charge in [0.1, 0.15) is 0 Å². The van der Waals surface area contributed by atoms with E-state index in [-0.39, 0.29) is 40.0 Å². The molecule has 0 heterocycles. The van der Waals surface area contributed by atoms with Gasteiger partial charge in [-0.1, -0.05) is 32.6 Å². The summed E-state index contributed by atoms with van der Waals surface area (Å²) in [4.78, 5) is 0. The van der Waals surface area contributed by atoms with E-state index in [1.165, 1.54) is 32.1 Å². The first-order valence-electron chi connectivity index (χ1n) is 3.77. The van der Waals surface area contributed by atoms with Gasteiger partial charge in [-0.3, -0.25) is 0 Å². The van der Waals surface area contributed by atoms with Crippen molar-refractivity contribution in [1.82, 2.24) is 0 Å². The Morgan fingerprint density at radius 1 is 1.50 bits per heavy atom. The Kier molecular flexibility index (Phi) is 11.5. The zero-order chi connectivity index (χ0) is 5.82. The fourth-order valence-corrected chi connectivity index (χ4v) is 1.48. The zero-order valence-electron chi connectivity index (χ0n) is 6.78. The van der Waals surface area contributed by atoms with Gasteiger partial charge in [-0.05, 0) is 0 Å². The van der Waals surface area contributed by atoms with Gasteiger partial charge >= 0.3 is 23.1 Å². The molecular weight excluding hydrogens is 200 g/mol. The Labute approximate surface area is 91.1 Å². The largest absolute Gasteiger partial charge is 2.00 e. The predicted molar refractivity (Wildman–Crippen MR) is 42.3 cm³/mol. The number of rotatable bonds is 2. The first-order chi connectivity index (χ1) is 3.93. The van der Waals surface area contributed by atoms with Crippen LogP contribution in [0, 0.1) is 12.3 Å². The first kappa shape index (κ1) is 13.8. The minimum absolute atomic E-state index is 0. The number of hydrogen-bond acceptors (Lipinski definition) is 0. The van der Waals surface area contributed by atoms with E-state index in [2.05, 4.69) is 13.3 Å². The summed E-state index contributed by atoms with van der Waals surface area (Å²) in [7, 11) is 0. The van der Waals surface area contributed by atoms with Crippen LogP contribution in [0.25, 0.3) is 0 Å². The second-order valence-electron chi connectivity index (χ2n) is 2.72. The Bertz CT molecular complexity index is 60.3. The fourth-order valence-electron chi connectivity index (χ4n) is 1.48. The molecule has 1 aliphatic rings. The van der Waals surface area contributed by atoms with Crippen LogP contribution in [0.15, 0.2) is 0 Å². The molecule has 1 atom stereocenters. The number of hydrogen-bond donors (Lipinski definition) is 0. The molecule has 1 fully saturated rings. The van der Waals surface area contributed by atoms with Gasteiger partial charge in [0.25, 0.3) is 0 Å². The molecule has 0 aromatic heterocycles. The molecule has 0 N–H and O–H groups in total. The van der Waals surface area contributed by atoms with E-state index < -0.39 is 0 Å². The summed E-state index contributed by atoms with van der Waals surface area (Å²) in [6, 6.07) is 0. The summed E-state index contributed by atoms with van der Waals surface area (Å²) in [6.45, 7) is 2.27. The van der Waals surface area contributed by atoms with E-state index in [9.17, 15) is 0 Å². The van der Waals surface area contributed by atoms with Gasteiger partial charge in [-0.25, -0.2) is 0 Å². The van der Waals surface area contributed by atoms with Gasteiger partial charge in [0.2, 0.25) is 0 Å². The maximum absolute atomic E-state index is 2.49. The van der Waals surface area contributed by atoms with Crippen molar-refractivity contribution >= 4 is 23.1 Å². The van der Waals surface area contributed by atoms with E-state index in [4.69, 9.17) is 0 Å². The second-order valence-corrected chi connectivity index (χ2v) is 2.72. The Morgan fingerprint density at radius 2 is 2.20 bits per heavy atom. The van der Waals surface area contributed by atoms with Crippen molar-refractivity contribution < 1.29 is 17.0 Å². The molecule has 56 valence electrons. The minimum atomic E-state index is 0. The van der Waals surface area contributed by atoms with Crippen LogP contribution in [0.2, 0.25) is 0 Å². The zero-order valence-corrected chi connectivity index (χ0v) is 9.78. The van der Waals surface area contributed by atoms with Crippen molar-refractivity contribution in [3.63, 3.8) is 0 Å².